The molecule has 1 aliphatic heterocycles. The lowest BCUT2D eigenvalue weighted by Crippen LogP contribution is -2.43. The smallest absolute Gasteiger partial charge is 0.326 e. The molecule has 2 atom stereocenters. The number of urea groups is 1. The lowest BCUT2D eigenvalue weighted by atomic mass is 10.1. The molecule has 4 amide bonds. The number of rotatable bonds is 12. The largest absolute Gasteiger partial charge is 0.495 e. The van der Waals surface area contributed by atoms with Crippen molar-refractivity contribution in [2.24, 2.45) is 0 Å². The third kappa shape index (κ3) is 8.90. The van der Waals surface area contributed by atoms with Crippen LogP contribution in [-0.4, -0.2) is 66.7 Å². The molecule has 3 aromatic rings. The van der Waals surface area contributed by atoms with Gasteiger partial charge in [-0.2, -0.15) is 0 Å². The molecule has 1 heterocycles. The summed E-state index contributed by atoms with van der Waals surface area (Å²) in [5.41, 5.74) is 5.95. The summed E-state index contributed by atoms with van der Waals surface area (Å²) in [5.74, 6) is -1.81. The topological polar surface area (TPSA) is 158 Å². The number of carboxylic acid groups (broad SMARTS) is 1. The average Bonchev–Trinajstić information content (AvgIpc) is 3.45. The minimum absolute atomic E-state index is 0.0222. The number of methoxy groups -OCH3 is 1. The van der Waals surface area contributed by atoms with Crippen LogP contribution in [-0.2, 0) is 20.8 Å². The van der Waals surface area contributed by atoms with Gasteiger partial charge in [0, 0.05) is 19.2 Å². The lowest BCUT2D eigenvalue weighted by Gasteiger charge is -2.18. The van der Waals surface area contributed by atoms with Crippen molar-refractivity contribution in [3.63, 3.8) is 0 Å². The Morgan fingerprint density at radius 3 is 2.39 bits per heavy atom. The molecule has 46 heavy (non-hydrogen) atoms. The Morgan fingerprint density at radius 2 is 1.72 bits per heavy atom. The first-order chi connectivity index (χ1) is 21.9. The highest BCUT2D eigenvalue weighted by Gasteiger charge is 2.29. The van der Waals surface area contributed by atoms with Crippen LogP contribution < -0.4 is 26.2 Å². The Kier molecular flexibility index (Phi) is 11.5. The zero-order valence-corrected chi connectivity index (χ0v) is 26.7. The molecule has 0 radical (unpaired) electrons. The van der Waals surface area contributed by atoms with Crippen LogP contribution in [0.3, 0.4) is 0 Å². The number of carbonyl (C=O) groups is 4. The van der Waals surface area contributed by atoms with E-state index in [0.29, 0.717) is 28.4 Å². The number of anilines is 2. The van der Waals surface area contributed by atoms with Gasteiger partial charge in [-0.05, 0) is 54.5 Å². The monoisotopic (exact) mass is 669 g/mol. The van der Waals surface area contributed by atoms with E-state index in [4.69, 9.17) is 32.8 Å². The van der Waals surface area contributed by atoms with Gasteiger partial charge in [0.25, 0.3) is 5.91 Å². The Morgan fingerprint density at radius 1 is 1.02 bits per heavy atom. The van der Waals surface area contributed by atoms with Crippen LogP contribution in [0, 0.1) is 6.92 Å². The van der Waals surface area contributed by atoms with Crippen LogP contribution in [0.2, 0.25) is 10.0 Å². The fourth-order valence-electron chi connectivity index (χ4n) is 4.64. The molecule has 5 N–H and O–H groups in total. The maximum atomic E-state index is 13.0. The Hall–Kier alpha value is -4.78. The van der Waals surface area contributed by atoms with E-state index in [1.54, 1.807) is 43.5 Å². The van der Waals surface area contributed by atoms with Crippen LogP contribution >= 0.6 is 23.2 Å². The zero-order valence-electron chi connectivity index (χ0n) is 25.2. The second-order valence-corrected chi connectivity index (χ2v) is 11.3. The molecule has 1 aliphatic rings. The van der Waals surface area contributed by atoms with E-state index in [2.05, 4.69) is 21.4 Å². The number of likely N-dealkylation sites (N-methyl/N-ethyl adjacent to an activating group) is 1. The zero-order chi connectivity index (χ0) is 33.4. The number of para-hydroxylation sites is 1. The van der Waals surface area contributed by atoms with Crippen molar-refractivity contribution in [2.45, 2.75) is 31.9 Å². The van der Waals surface area contributed by atoms with E-state index in [1.807, 2.05) is 25.1 Å². The molecule has 0 fully saturated rings. The Labute approximate surface area is 275 Å². The average molecular weight is 671 g/mol. The fourth-order valence-corrected chi connectivity index (χ4v) is 5.20. The second kappa shape index (κ2) is 15.5. The van der Waals surface area contributed by atoms with E-state index in [9.17, 15) is 24.3 Å². The number of amides is 4. The minimum atomic E-state index is -1.30. The van der Waals surface area contributed by atoms with Gasteiger partial charge in [0.05, 0.1) is 47.1 Å². The number of nitrogens with zero attached hydrogens (tertiary/aromatic N) is 1. The summed E-state index contributed by atoms with van der Waals surface area (Å²) in [7, 11) is 3.09. The van der Waals surface area contributed by atoms with Gasteiger partial charge in [0.15, 0.2) is 0 Å². The van der Waals surface area contributed by atoms with Crippen molar-refractivity contribution in [3.05, 3.63) is 99.2 Å². The van der Waals surface area contributed by atoms with Gasteiger partial charge in [-0.25, -0.2) is 9.59 Å². The number of halogens is 2. The third-order valence-corrected chi connectivity index (χ3v) is 7.72. The van der Waals surface area contributed by atoms with E-state index < -0.39 is 30.1 Å². The van der Waals surface area contributed by atoms with Crippen molar-refractivity contribution in [1.29, 1.82) is 0 Å². The molecule has 0 saturated carbocycles. The van der Waals surface area contributed by atoms with E-state index >= 15 is 0 Å². The van der Waals surface area contributed by atoms with Crippen molar-refractivity contribution < 1.29 is 33.9 Å². The van der Waals surface area contributed by atoms with Gasteiger partial charge in [-0.1, -0.05) is 53.5 Å². The fraction of sp³-hybridized carbons (Fsp3) is 0.250. The maximum Gasteiger partial charge on any atom is 0.326 e. The minimum Gasteiger partial charge on any atom is -0.495 e. The number of benzene rings is 3. The summed E-state index contributed by atoms with van der Waals surface area (Å²) in [6.07, 6.45) is 0.909. The number of aliphatic carboxylic acids is 1. The lowest BCUT2D eigenvalue weighted by molar-refractivity contribution is -0.140. The van der Waals surface area contributed by atoms with Crippen molar-refractivity contribution in [2.75, 3.05) is 31.3 Å². The SMILES string of the molecule is COc1cc(CC(=O)N(C)CC2=CC(CC(NC(=O)c3c(Cl)cccc3Cl)C(=O)O)ON2)ccc1NC(=O)Nc1ccccc1C. The first-order valence-corrected chi connectivity index (χ1v) is 14.8. The summed E-state index contributed by atoms with van der Waals surface area (Å²) in [6.45, 7) is 2.05. The normalized spacial score (nSPS) is 14.4. The molecule has 12 nitrogen and oxygen atoms in total. The number of hydroxylamine groups is 1. The molecule has 3 aromatic carbocycles. The maximum absolute atomic E-state index is 13.0. The summed E-state index contributed by atoms with van der Waals surface area (Å²) in [6, 6.07) is 15.3. The molecular weight excluding hydrogens is 637 g/mol. The number of ether oxygens (including phenoxy) is 1. The molecular formula is C32H33Cl2N5O7. The number of carbonyl (C=O) groups excluding carboxylic acids is 3. The Bertz CT molecular complexity index is 1650. The predicted molar refractivity (Wildman–Crippen MR) is 174 cm³/mol. The van der Waals surface area contributed by atoms with Gasteiger partial charge >= 0.3 is 12.0 Å². The molecule has 2 unspecified atom stereocenters. The summed E-state index contributed by atoms with van der Waals surface area (Å²) < 4.78 is 5.45. The molecule has 0 aliphatic carbocycles. The van der Waals surface area contributed by atoms with Gasteiger partial charge in [0.1, 0.15) is 17.9 Å². The summed E-state index contributed by atoms with van der Waals surface area (Å²) in [4.78, 5) is 57.1. The first-order valence-electron chi connectivity index (χ1n) is 14.1. The quantitative estimate of drug-likeness (QED) is 0.180. The van der Waals surface area contributed by atoms with Crippen molar-refractivity contribution in [3.8, 4) is 5.75 Å². The van der Waals surface area contributed by atoms with Gasteiger partial charge in [0.2, 0.25) is 5.91 Å². The third-order valence-electron chi connectivity index (χ3n) is 7.09. The van der Waals surface area contributed by atoms with Crippen LogP contribution in [0.5, 0.6) is 5.75 Å². The molecule has 0 aromatic heterocycles. The van der Waals surface area contributed by atoms with Crippen molar-refractivity contribution >= 4 is 58.4 Å². The standard InChI is InChI=1S/C32H33Cl2N5O7/c1-18-7-4-5-10-24(18)36-32(44)37-25-12-11-19(13-27(25)45-3)14-28(40)39(2)17-20-15-21(46-38-20)16-26(31(42)43)35-30(41)29-22(33)8-6-9-23(29)34/h4-13,15,21,26,38H,14,16-17H2,1-3H3,(H,35,41)(H,42,43)(H2,36,37,44). The van der Waals surface area contributed by atoms with E-state index in [1.165, 1.54) is 24.1 Å². The van der Waals surface area contributed by atoms with Crippen LogP contribution in [0.25, 0.3) is 0 Å². The van der Waals surface area contributed by atoms with E-state index in [-0.39, 0.29) is 40.9 Å². The number of nitrogens with one attached hydrogen (secondary N) is 4. The number of hydrogen-bond acceptors (Lipinski definition) is 7. The van der Waals surface area contributed by atoms with Crippen LogP contribution in [0.1, 0.15) is 27.9 Å². The second-order valence-electron chi connectivity index (χ2n) is 10.5. The molecule has 0 bridgehead atoms. The van der Waals surface area contributed by atoms with Gasteiger partial charge in [-0.15, -0.1) is 0 Å². The highest BCUT2D eigenvalue weighted by atomic mass is 35.5. The molecule has 0 saturated heterocycles. The molecule has 0 spiro atoms. The molecule has 242 valence electrons. The van der Waals surface area contributed by atoms with Crippen molar-refractivity contribution in [1.82, 2.24) is 15.7 Å². The summed E-state index contributed by atoms with van der Waals surface area (Å²) in [5, 5.41) is 17.9. The number of carboxylic acids is 1. The number of aryl methyl sites for hydroxylation is 1. The molecule has 14 heteroatoms. The van der Waals surface area contributed by atoms with Crippen LogP contribution in [0.15, 0.2) is 72.4 Å². The highest BCUT2D eigenvalue weighted by molar-refractivity contribution is 6.39. The van der Waals surface area contributed by atoms with Gasteiger partial charge < -0.3 is 30.7 Å². The van der Waals surface area contributed by atoms with Crippen LogP contribution in [0.4, 0.5) is 16.2 Å². The first kappa shape index (κ1) is 34.1. The van der Waals surface area contributed by atoms with E-state index in [0.717, 1.165) is 5.56 Å². The highest BCUT2D eigenvalue weighted by Crippen LogP contribution is 2.27. The Balaban J connectivity index is 1.31. The molecule has 4 rings (SSSR count). The predicted octanol–water partition coefficient (Wildman–Crippen LogP) is 5.02. The summed E-state index contributed by atoms with van der Waals surface area (Å²) >= 11 is 12.2. The van der Waals surface area contributed by atoms with Gasteiger partial charge in [-0.3, -0.25) is 19.9 Å². The number of hydrogen-bond donors (Lipinski definition) is 5.